The van der Waals surface area contributed by atoms with Crippen LogP contribution >= 0.6 is 0 Å². The predicted molar refractivity (Wildman–Crippen MR) is 36.7 cm³/mol. The van der Waals surface area contributed by atoms with Crippen LogP contribution in [0.2, 0.25) is 0 Å². The van der Waals surface area contributed by atoms with E-state index >= 15 is 0 Å². The van der Waals surface area contributed by atoms with Gasteiger partial charge in [0.2, 0.25) is 0 Å². The van der Waals surface area contributed by atoms with E-state index in [1.807, 2.05) is 0 Å². The van der Waals surface area contributed by atoms with Gasteiger partial charge in [-0.05, 0) is 24.7 Å². The maximum absolute atomic E-state index is 3.90. The van der Waals surface area contributed by atoms with E-state index in [2.05, 4.69) is 20.4 Å². The van der Waals surface area contributed by atoms with Gasteiger partial charge in [-0.2, -0.15) is 0 Å². The summed E-state index contributed by atoms with van der Waals surface area (Å²) in [5.74, 6) is 1.76. The van der Waals surface area contributed by atoms with Crippen molar-refractivity contribution in [1.82, 2.24) is 0 Å². The molecule has 0 aliphatic heterocycles. The second-order valence-corrected chi connectivity index (χ2v) is 3.19. The maximum Gasteiger partial charge on any atom is -0.0166 e. The lowest BCUT2D eigenvalue weighted by atomic mass is 10.1. The molecule has 1 unspecified atom stereocenters. The van der Waals surface area contributed by atoms with Crippen LogP contribution in [-0.2, 0) is 0 Å². The topological polar surface area (TPSA) is 0 Å². The molecule has 1 aliphatic carbocycles. The molecule has 1 atom stereocenters. The number of allylic oxidation sites excluding steroid dienone is 1. The minimum Gasteiger partial charge on any atom is -0.0995 e. The van der Waals surface area contributed by atoms with Crippen molar-refractivity contribution in [2.75, 3.05) is 0 Å². The van der Waals surface area contributed by atoms with E-state index in [4.69, 9.17) is 0 Å². The van der Waals surface area contributed by atoms with Crippen molar-refractivity contribution in [2.45, 2.75) is 26.7 Å². The van der Waals surface area contributed by atoms with Gasteiger partial charge >= 0.3 is 0 Å². The molecule has 0 heteroatoms. The first-order chi connectivity index (χ1) is 3.70. The van der Waals surface area contributed by atoms with Gasteiger partial charge in [0.25, 0.3) is 0 Å². The molecule has 1 saturated carbocycles. The number of hydrogen-bond donors (Lipinski definition) is 0. The normalized spacial score (nSPS) is 26.9. The van der Waals surface area contributed by atoms with E-state index in [9.17, 15) is 0 Å². The van der Waals surface area contributed by atoms with Crippen molar-refractivity contribution in [1.29, 1.82) is 0 Å². The second-order valence-electron chi connectivity index (χ2n) is 3.19. The van der Waals surface area contributed by atoms with Gasteiger partial charge in [0.1, 0.15) is 0 Å². The highest BCUT2D eigenvalue weighted by atomic mass is 14.3. The Kier molecular flexibility index (Phi) is 1.41. The van der Waals surface area contributed by atoms with Gasteiger partial charge < -0.3 is 0 Å². The summed E-state index contributed by atoms with van der Waals surface area (Å²) in [7, 11) is 0. The highest BCUT2D eigenvalue weighted by Gasteiger charge is 2.27. The molecule has 0 radical (unpaired) electrons. The average Bonchev–Trinajstić information content (AvgIpc) is 2.17. The Balaban J connectivity index is 2.13. The zero-order valence-corrected chi connectivity index (χ0v) is 5.78. The summed E-state index contributed by atoms with van der Waals surface area (Å²) >= 11 is 0. The first kappa shape index (κ1) is 5.87. The average molecular weight is 110 g/mol. The van der Waals surface area contributed by atoms with E-state index in [0.717, 1.165) is 11.8 Å². The molecule has 0 saturated heterocycles. The first-order valence-electron chi connectivity index (χ1n) is 3.38. The summed E-state index contributed by atoms with van der Waals surface area (Å²) in [4.78, 5) is 0. The highest BCUT2D eigenvalue weighted by molar-refractivity contribution is 5.18. The summed E-state index contributed by atoms with van der Waals surface area (Å²) in [5.41, 5.74) is 1.47. The Morgan fingerprint density at radius 1 is 1.75 bits per heavy atom. The molecule has 0 aromatic rings. The molecule has 0 N–H and O–H groups in total. The molecule has 8 heavy (non-hydrogen) atoms. The third-order valence-electron chi connectivity index (χ3n) is 1.68. The Labute approximate surface area is 51.6 Å². The lowest BCUT2D eigenvalue weighted by molar-refractivity contribution is 0.551. The summed E-state index contributed by atoms with van der Waals surface area (Å²) in [5, 5.41) is 0. The second kappa shape index (κ2) is 1.93. The lowest BCUT2D eigenvalue weighted by Gasteiger charge is -1.98. The molecule has 0 bridgehead atoms. The predicted octanol–water partition coefficient (Wildman–Crippen LogP) is 2.61. The van der Waals surface area contributed by atoms with Crippen molar-refractivity contribution in [2.24, 2.45) is 11.8 Å². The molecule has 0 spiro atoms. The van der Waals surface area contributed by atoms with Crippen LogP contribution in [0.3, 0.4) is 0 Å². The van der Waals surface area contributed by atoms with Crippen LogP contribution in [0, 0.1) is 11.8 Å². The number of rotatable bonds is 2. The van der Waals surface area contributed by atoms with E-state index in [0.29, 0.717) is 0 Å². The molecule has 0 nitrogen and oxygen atoms in total. The van der Waals surface area contributed by atoms with Crippen LogP contribution in [0.1, 0.15) is 26.7 Å². The Bertz CT molecular complexity index is 101. The zero-order valence-electron chi connectivity index (χ0n) is 5.78. The summed E-state index contributed by atoms with van der Waals surface area (Å²) < 4.78 is 0. The summed E-state index contributed by atoms with van der Waals surface area (Å²) in [6.45, 7) is 8.44. The first-order valence-corrected chi connectivity index (χ1v) is 3.38. The van der Waals surface area contributed by atoms with Gasteiger partial charge in [-0.25, -0.2) is 0 Å². The Morgan fingerprint density at radius 2 is 2.25 bits per heavy atom. The van der Waals surface area contributed by atoms with E-state index in [-0.39, 0.29) is 0 Å². The fourth-order valence-corrected chi connectivity index (χ4v) is 1.08. The third-order valence-corrected chi connectivity index (χ3v) is 1.68. The fourth-order valence-electron chi connectivity index (χ4n) is 1.08. The standard InChI is InChI=1S/C8H14/c1-6(2)4-8-5-7(8)3/h6,8H,3-5H2,1-2H3. The van der Waals surface area contributed by atoms with Crippen LogP contribution < -0.4 is 0 Å². The molecule has 0 amide bonds. The van der Waals surface area contributed by atoms with Crippen LogP contribution in [-0.4, -0.2) is 0 Å². The molecule has 1 aliphatic rings. The van der Waals surface area contributed by atoms with Crippen LogP contribution in [0.25, 0.3) is 0 Å². The molecular formula is C8H14. The van der Waals surface area contributed by atoms with Gasteiger partial charge in [0, 0.05) is 0 Å². The van der Waals surface area contributed by atoms with Crippen molar-refractivity contribution in [3.63, 3.8) is 0 Å². The van der Waals surface area contributed by atoms with Gasteiger partial charge in [-0.1, -0.05) is 26.0 Å². The Hall–Kier alpha value is -0.260. The van der Waals surface area contributed by atoms with Gasteiger partial charge in [-0.3, -0.25) is 0 Å². The fraction of sp³-hybridized carbons (Fsp3) is 0.750. The van der Waals surface area contributed by atoms with E-state index in [1.54, 1.807) is 0 Å². The zero-order chi connectivity index (χ0) is 6.15. The van der Waals surface area contributed by atoms with Gasteiger partial charge in [0.05, 0.1) is 0 Å². The van der Waals surface area contributed by atoms with E-state index in [1.165, 1.54) is 18.4 Å². The summed E-state index contributed by atoms with van der Waals surface area (Å²) in [6, 6.07) is 0. The number of hydrogen-bond acceptors (Lipinski definition) is 0. The monoisotopic (exact) mass is 110 g/mol. The quantitative estimate of drug-likeness (QED) is 0.479. The molecule has 0 heterocycles. The largest absolute Gasteiger partial charge is 0.0995 e. The minimum absolute atomic E-state index is 0.860. The third kappa shape index (κ3) is 1.36. The lowest BCUT2D eigenvalue weighted by Crippen LogP contribution is -1.86. The molecular weight excluding hydrogens is 96.1 g/mol. The minimum atomic E-state index is 0.860. The molecule has 0 aromatic carbocycles. The summed E-state index contributed by atoms with van der Waals surface area (Å²) in [6.07, 6.45) is 2.66. The van der Waals surface area contributed by atoms with Crippen molar-refractivity contribution in [3.8, 4) is 0 Å². The van der Waals surface area contributed by atoms with Crippen LogP contribution in [0.15, 0.2) is 12.2 Å². The molecule has 46 valence electrons. The van der Waals surface area contributed by atoms with Crippen molar-refractivity contribution >= 4 is 0 Å². The SMILES string of the molecule is C=C1CC1CC(C)C. The van der Waals surface area contributed by atoms with Crippen molar-refractivity contribution in [3.05, 3.63) is 12.2 Å². The highest BCUT2D eigenvalue weighted by Crippen LogP contribution is 2.40. The molecule has 0 aromatic heterocycles. The van der Waals surface area contributed by atoms with Crippen LogP contribution in [0.4, 0.5) is 0 Å². The van der Waals surface area contributed by atoms with Crippen LogP contribution in [0.5, 0.6) is 0 Å². The Morgan fingerprint density at radius 3 is 2.38 bits per heavy atom. The maximum atomic E-state index is 3.90. The molecule has 1 rings (SSSR count). The van der Waals surface area contributed by atoms with E-state index < -0.39 is 0 Å². The van der Waals surface area contributed by atoms with Gasteiger partial charge in [0.15, 0.2) is 0 Å². The van der Waals surface area contributed by atoms with Crippen molar-refractivity contribution < 1.29 is 0 Å². The smallest absolute Gasteiger partial charge is 0.0166 e. The van der Waals surface area contributed by atoms with Gasteiger partial charge in [-0.15, -0.1) is 0 Å². The molecule has 1 fully saturated rings.